The predicted molar refractivity (Wildman–Crippen MR) is 127 cm³/mol. The van der Waals surface area contributed by atoms with Crippen LogP contribution in [0.1, 0.15) is 27.7 Å². The average molecular weight is 458 g/mol. The fourth-order valence-electron chi connectivity index (χ4n) is 5.21. The Hall–Kier alpha value is -3.58. The molecule has 2 aliphatic heterocycles. The van der Waals surface area contributed by atoms with Crippen LogP contribution in [-0.2, 0) is 22.6 Å². The maximum Gasteiger partial charge on any atom is 0.246 e. The standard InChI is InChI=1S/C26H23N3O3S/c1-32-17-7-4-6-16(12-17)25-24-20(19-9-2-3-10-21(19)27-24)13-22-26(31)28(15-23(30)29(22)25)14-18-8-5-11-33-18/h2-12,22,25,27H,13-15H2,1H3/t22-,25+/m0/s1. The molecule has 2 aliphatic rings. The number of ether oxygens (including phenoxy) is 1. The van der Waals surface area contributed by atoms with Crippen molar-refractivity contribution in [3.05, 3.63) is 87.7 Å². The van der Waals surface area contributed by atoms with Crippen LogP contribution in [0.2, 0.25) is 0 Å². The van der Waals surface area contributed by atoms with Gasteiger partial charge in [0.2, 0.25) is 11.8 Å². The monoisotopic (exact) mass is 457 g/mol. The van der Waals surface area contributed by atoms with E-state index >= 15 is 0 Å². The summed E-state index contributed by atoms with van der Waals surface area (Å²) in [6.45, 7) is 0.556. The molecule has 1 fully saturated rings. The van der Waals surface area contributed by atoms with Gasteiger partial charge in [0.1, 0.15) is 18.3 Å². The third kappa shape index (κ3) is 3.23. The molecule has 2 amide bonds. The maximum atomic E-state index is 13.7. The van der Waals surface area contributed by atoms with Crippen LogP contribution in [0.5, 0.6) is 5.75 Å². The second-order valence-electron chi connectivity index (χ2n) is 8.54. The molecule has 33 heavy (non-hydrogen) atoms. The van der Waals surface area contributed by atoms with Crippen LogP contribution >= 0.6 is 11.3 Å². The zero-order valence-electron chi connectivity index (χ0n) is 18.2. The SMILES string of the molecule is COc1cccc([C@@H]2c3[nH]c4ccccc4c3C[C@H]3C(=O)N(Cc4cccs4)CC(=O)N23)c1. The molecule has 1 saturated heterocycles. The van der Waals surface area contributed by atoms with Gasteiger partial charge in [0.05, 0.1) is 19.7 Å². The van der Waals surface area contributed by atoms with Gasteiger partial charge < -0.3 is 19.5 Å². The number of methoxy groups -OCH3 is 1. The lowest BCUT2D eigenvalue weighted by Gasteiger charge is -2.47. The molecule has 0 aliphatic carbocycles. The lowest BCUT2D eigenvalue weighted by Crippen LogP contribution is -2.62. The highest BCUT2D eigenvalue weighted by molar-refractivity contribution is 7.09. The number of benzene rings is 2. The van der Waals surface area contributed by atoms with E-state index in [0.29, 0.717) is 13.0 Å². The van der Waals surface area contributed by atoms with Crippen molar-refractivity contribution >= 4 is 34.1 Å². The predicted octanol–water partition coefficient (Wildman–Crippen LogP) is 4.12. The molecule has 2 atom stereocenters. The number of piperazine rings is 1. The third-order valence-corrected chi connectivity index (χ3v) is 7.54. The molecule has 4 aromatic rings. The van der Waals surface area contributed by atoms with Crippen LogP contribution in [0.25, 0.3) is 10.9 Å². The number of rotatable bonds is 4. The number of H-pyrrole nitrogens is 1. The van der Waals surface area contributed by atoms with Crippen molar-refractivity contribution in [2.75, 3.05) is 13.7 Å². The Kier molecular flexibility index (Phi) is 4.73. The number of hydrogen-bond acceptors (Lipinski definition) is 4. The molecule has 166 valence electrons. The summed E-state index contributed by atoms with van der Waals surface area (Å²) in [6, 6.07) is 19.0. The molecule has 0 unspecified atom stereocenters. The van der Waals surface area contributed by atoms with E-state index in [1.807, 2.05) is 60.0 Å². The number of fused-ring (bicyclic) bond motifs is 4. The van der Waals surface area contributed by atoms with Crippen LogP contribution in [0.15, 0.2) is 66.0 Å². The Morgan fingerprint density at radius 3 is 2.79 bits per heavy atom. The number of aromatic nitrogens is 1. The molecule has 7 heteroatoms. The number of thiophene rings is 1. The van der Waals surface area contributed by atoms with E-state index in [0.717, 1.165) is 38.4 Å². The van der Waals surface area contributed by atoms with E-state index in [1.54, 1.807) is 28.2 Å². The van der Waals surface area contributed by atoms with Gasteiger partial charge in [-0.15, -0.1) is 11.3 Å². The number of para-hydroxylation sites is 1. The summed E-state index contributed by atoms with van der Waals surface area (Å²) in [7, 11) is 1.63. The van der Waals surface area contributed by atoms with Crippen LogP contribution in [0, 0.1) is 0 Å². The molecular formula is C26H23N3O3S. The number of amides is 2. The van der Waals surface area contributed by atoms with Gasteiger partial charge in [-0.2, -0.15) is 0 Å². The van der Waals surface area contributed by atoms with Crippen molar-refractivity contribution in [2.45, 2.75) is 25.0 Å². The molecule has 0 spiro atoms. The highest BCUT2D eigenvalue weighted by Gasteiger charge is 2.48. The lowest BCUT2D eigenvalue weighted by molar-refractivity contribution is -0.159. The molecular weight excluding hydrogens is 434 g/mol. The summed E-state index contributed by atoms with van der Waals surface area (Å²) in [5, 5.41) is 3.10. The molecule has 0 bridgehead atoms. The first-order valence-corrected chi connectivity index (χ1v) is 11.9. The van der Waals surface area contributed by atoms with Gasteiger partial charge in [0.15, 0.2) is 0 Å². The number of carbonyl (C=O) groups is 2. The van der Waals surface area contributed by atoms with Gasteiger partial charge in [0, 0.05) is 27.9 Å². The van der Waals surface area contributed by atoms with Crippen LogP contribution in [-0.4, -0.2) is 46.3 Å². The summed E-state index contributed by atoms with van der Waals surface area (Å²) in [4.78, 5) is 35.4. The number of nitrogens with one attached hydrogen (secondary N) is 1. The second kappa shape index (κ2) is 7.78. The van der Waals surface area contributed by atoms with E-state index in [9.17, 15) is 9.59 Å². The topological polar surface area (TPSA) is 65.6 Å². The van der Waals surface area contributed by atoms with Gasteiger partial charge in [-0.25, -0.2) is 0 Å². The average Bonchev–Trinajstić information content (AvgIpc) is 3.48. The zero-order valence-corrected chi connectivity index (χ0v) is 19.0. The first kappa shape index (κ1) is 20.1. The quantitative estimate of drug-likeness (QED) is 0.501. The van der Waals surface area contributed by atoms with Gasteiger partial charge in [-0.3, -0.25) is 9.59 Å². The van der Waals surface area contributed by atoms with E-state index in [2.05, 4.69) is 11.1 Å². The highest BCUT2D eigenvalue weighted by Crippen LogP contribution is 2.43. The van der Waals surface area contributed by atoms with E-state index in [-0.39, 0.29) is 24.4 Å². The van der Waals surface area contributed by atoms with Crippen LogP contribution in [0.3, 0.4) is 0 Å². The molecule has 0 saturated carbocycles. The van der Waals surface area contributed by atoms with Crippen molar-refractivity contribution in [3.8, 4) is 5.75 Å². The second-order valence-corrected chi connectivity index (χ2v) is 9.57. The van der Waals surface area contributed by atoms with E-state index in [1.165, 1.54) is 0 Å². The smallest absolute Gasteiger partial charge is 0.246 e. The minimum atomic E-state index is -0.533. The summed E-state index contributed by atoms with van der Waals surface area (Å²) in [6.07, 6.45) is 0.505. The van der Waals surface area contributed by atoms with E-state index in [4.69, 9.17) is 4.74 Å². The van der Waals surface area contributed by atoms with Crippen molar-refractivity contribution in [1.29, 1.82) is 0 Å². The van der Waals surface area contributed by atoms with Crippen molar-refractivity contribution in [2.24, 2.45) is 0 Å². The number of aromatic amines is 1. The Labute approximate surface area is 195 Å². The first-order valence-electron chi connectivity index (χ1n) is 11.0. The lowest BCUT2D eigenvalue weighted by atomic mass is 9.86. The Balaban J connectivity index is 1.49. The molecule has 0 radical (unpaired) electrons. The fourth-order valence-corrected chi connectivity index (χ4v) is 5.93. The number of carbonyl (C=O) groups excluding carboxylic acids is 2. The van der Waals surface area contributed by atoms with Crippen LogP contribution in [0.4, 0.5) is 0 Å². The summed E-state index contributed by atoms with van der Waals surface area (Å²) in [5.74, 6) is 0.697. The Morgan fingerprint density at radius 1 is 1.09 bits per heavy atom. The van der Waals surface area contributed by atoms with E-state index < -0.39 is 6.04 Å². The highest BCUT2D eigenvalue weighted by atomic mass is 32.1. The summed E-state index contributed by atoms with van der Waals surface area (Å²) >= 11 is 1.60. The first-order chi connectivity index (χ1) is 16.1. The normalized spacial score (nSPS) is 20.2. The molecule has 6 rings (SSSR count). The molecule has 2 aromatic heterocycles. The number of nitrogens with zero attached hydrogens (tertiary/aromatic N) is 2. The Morgan fingerprint density at radius 2 is 1.97 bits per heavy atom. The van der Waals surface area contributed by atoms with Crippen LogP contribution < -0.4 is 4.74 Å². The molecule has 2 aromatic carbocycles. The van der Waals surface area contributed by atoms with Gasteiger partial charge in [0.25, 0.3) is 0 Å². The Bertz CT molecular complexity index is 1360. The minimum Gasteiger partial charge on any atom is -0.497 e. The molecule has 1 N–H and O–H groups in total. The fraction of sp³-hybridized carbons (Fsp3) is 0.231. The molecule has 4 heterocycles. The maximum absolute atomic E-state index is 13.7. The zero-order chi connectivity index (χ0) is 22.5. The number of hydrogen-bond donors (Lipinski definition) is 1. The van der Waals surface area contributed by atoms with Crippen molar-refractivity contribution in [3.63, 3.8) is 0 Å². The van der Waals surface area contributed by atoms with Crippen molar-refractivity contribution in [1.82, 2.24) is 14.8 Å². The largest absolute Gasteiger partial charge is 0.497 e. The summed E-state index contributed by atoms with van der Waals surface area (Å²) < 4.78 is 5.46. The minimum absolute atomic E-state index is 0.00632. The molecule has 6 nitrogen and oxygen atoms in total. The van der Waals surface area contributed by atoms with Gasteiger partial charge >= 0.3 is 0 Å². The van der Waals surface area contributed by atoms with Crippen molar-refractivity contribution < 1.29 is 14.3 Å². The third-order valence-electron chi connectivity index (χ3n) is 6.68. The van der Waals surface area contributed by atoms with Gasteiger partial charge in [-0.1, -0.05) is 36.4 Å². The van der Waals surface area contributed by atoms with Gasteiger partial charge in [-0.05, 0) is 40.8 Å². The summed E-state index contributed by atoms with van der Waals surface area (Å²) in [5.41, 5.74) is 4.04.